The highest BCUT2D eigenvalue weighted by Gasteiger charge is 2.23. The highest BCUT2D eigenvalue weighted by atomic mass is 32.2. The standard InChI is InChI=1S/C12H19N5O2S2/c1-4-13-6-10-9(3)16-17-12(10)21(18,19)15-7-11-14-5-8(2)20-11/h5,13,15H,4,6-7H2,1-3H3,(H,16,17). The van der Waals surface area contributed by atoms with Gasteiger partial charge < -0.3 is 5.32 Å². The number of aromatic nitrogens is 3. The Hall–Kier alpha value is -1.29. The number of aromatic amines is 1. The summed E-state index contributed by atoms with van der Waals surface area (Å²) in [6, 6.07) is 0. The Morgan fingerprint density at radius 2 is 2.10 bits per heavy atom. The lowest BCUT2D eigenvalue weighted by Crippen LogP contribution is -2.25. The summed E-state index contributed by atoms with van der Waals surface area (Å²) in [6.07, 6.45) is 1.73. The van der Waals surface area contributed by atoms with Gasteiger partial charge in [0, 0.05) is 28.9 Å². The highest BCUT2D eigenvalue weighted by Crippen LogP contribution is 2.17. The maximum absolute atomic E-state index is 12.4. The lowest BCUT2D eigenvalue weighted by Gasteiger charge is -2.06. The van der Waals surface area contributed by atoms with E-state index in [0.29, 0.717) is 12.1 Å². The Kier molecular flexibility index (Phi) is 5.09. The topological polar surface area (TPSA) is 99.8 Å². The fourth-order valence-corrected chi connectivity index (χ4v) is 3.82. The van der Waals surface area contributed by atoms with Crippen LogP contribution in [0.25, 0.3) is 0 Å². The van der Waals surface area contributed by atoms with Crippen LogP contribution in [0.5, 0.6) is 0 Å². The number of nitrogens with one attached hydrogen (secondary N) is 3. The molecule has 9 heteroatoms. The van der Waals surface area contributed by atoms with Crippen molar-refractivity contribution in [2.45, 2.75) is 38.9 Å². The van der Waals surface area contributed by atoms with Gasteiger partial charge in [-0.1, -0.05) is 6.92 Å². The molecule has 3 N–H and O–H groups in total. The predicted molar refractivity (Wildman–Crippen MR) is 81.6 cm³/mol. The van der Waals surface area contributed by atoms with Crippen molar-refractivity contribution in [2.75, 3.05) is 6.54 Å². The highest BCUT2D eigenvalue weighted by molar-refractivity contribution is 7.89. The van der Waals surface area contributed by atoms with Crippen molar-refractivity contribution in [1.29, 1.82) is 0 Å². The summed E-state index contributed by atoms with van der Waals surface area (Å²) < 4.78 is 27.3. The monoisotopic (exact) mass is 329 g/mol. The first-order valence-electron chi connectivity index (χ1n) is 6.59. The first-order chi connectivity index (χ1) is 9.94. The lowest BCUT2D eigenvalue weighted by atomic mass is 10.2. The van der Waals surface area contributed by atoms with E-state index in [1.165, 1.54) is 11.3 Å². The molecule has 116 valence electrons. The number of hydrogen-bond acceptors (Lipinski definition) is 6. The molecule has 2 heterocycles. The third-order valence-corrected chi connectivity index (χ3v) is 5.21. The minimum Gasteiger partial charge on any atom is -0.313 e. The third kappa shape index (κ3) is 3.88. The van der Waals surface area contributed by atoms with Gasteiger partial charge in [-0.3, -0.25) is 5.10 Å². The van der Waals surface area contributed by atoms with Gasteiger partial charge in [0.05, 0.1) is 6.54 Å². The average molecular weight is 329 g/mol. The first kappa shape index (κ1) is 16.1. The Balaban J connectivity index is 2.15. The fraction of sp³-hybridized carbons (Fsp3) is 0.500. The van der Waals surface area contributed by atoms with E-state index in [4.69, 9.17) is 0 Å². The van der Waals surface area contributed by atoms with Crippen LogP contribution in [0.1, 0.15) is 28.1 Å². The van der Waals surface area contributed by atoms with Crippen LogP contribution in [0.3, 0.4) is 0 Å². The van der Waals surface area contributed by atoms with Gasteiger partial charge in [0.15, 0.2) is 5.03 Å². The second-order valence-corrected chi connectivity index (χ2v) is 7.60. The molecule has 0 saturated heterocycles. The molecule has 0 bridgehead atoms. The minimum atomic E-state index is -3.66. The van der Waals surface area contributed by atoms with E-state index in [1.807, 2.05) is 20.8 Å². The van der Waals surface area contributed by atoms with Crippen molar-refractivity contribution in [1.82, 2.24) is 25.2 Å². The molecular weight excluding hydrogens is 310 g/mol. The summed E-state index contributed by atoms with van der Waals surface area (Å²) in [6.45, 7) is 7.10. The van der Waals surface area contributed by atoms with Gasteiger partial charge in [-0.05, 0) is 20.4 Å². The Bertz CT molecular complexity index is 705. The van der Waals surface area contributed by atoms with Gasteiger partial charge >= 0.3 is 0 Å². The second-order valence-electron chi connectivity index (χ2n) is 4.60. The molecular formula is C12H19N5O2S2. The number of nitrogens with zero attached hydrogens (tertiary/aromatic N) is 2. The number of thiazole rings is 1. The number of sulfonamides is 1. The van der Waals surface area contributed by atoms with Crippen LogP contribution < -0.4 is 10.0 Å². The molecule has 0 aromatic carbocycles. The van der Waals surface area contributed by atoms with Gasteiger partial charge in [0.1, 0.15) is 5.01 Å². The summed E-state index contributed by atoms with van der Waals surface area (Å²) >= 11 is 1.47. The summed E-state index contributed by atoms with van der Waals surface area (Å²) in [5.41, 5.74) is 1.42. The van der Waals surface area contributed by atoms with Crippen molar-refractivity contribution < 1.29 is 8.42 Å². The quantitative estimate of drug-likeness (QED) is 0.705. The Morgan fingerprint density at radius 1 is 1.33 bits per heavy atom. The van der Waals surface area contributed by atoms with Crippen molar-refractivity contribution >= 4 is 21.4 Å². The smallest absolute Gasteiger partial charge is 0.260 e. The third-order valence-electron chi connectivity index (χ3n) is 2.92. The number of rotatable bonds is 7. The van der Waals surface area contributed by atoms with Crippen LogP contribution in [-0.2, 0) is 23.1 Å². The molecule has 7 nitrogen and oxygen atoms in total. The van der Waals surface area contributed by atoms with Gasteiger partial charge in [-0.15, -0.1) is 11.3 Å². The first-order valence-corrected chi connectivity index (χ1v) is 8.89. The Morgan fingerprint density at radius 3 is 2.71 bits per heavy atom. The maximum Gasteiger partial charge on any atom is 0.260 e. The molecule has 0 aliphatic heterocycles. The van der Waals surface area contributed by atoms with Crippen LogP contribution in [0, 0.1) is 13.8 Å². The molecule has 0 fully saturated rings. The number of aryl methyl sites for hydroxylation is 2. The molecule has 0 unspecified atom stereocenters. The number of H-pyrrole nitrogens is 1. The second kappa shape index (κ2) is 6.65. The predicted octanol–water partition coefficient (Wildman–Crippen LogP) is 1.07. The van der Waals surface area contributed by atoms with Gasteiger partial charge in [-0.25, -0.2) is 18.1 Å². The molecule has 0 atom stereocenters. The van der Waals surface area contributed by atoms with E-state index in [9.17, 15) is 8.42 Å². The zero-order chi connectivity index (χ0) is 15.5. The summed E-state index contributed by atoms with van der Waals surface area (Å²) in [5.74, 6) is 0. The molecule has 2 rings (SSSR count). The zero-order valence-electron chi connectivity index (χ0n) is 12.2. The minimum absolute atomic E-state index is 0.0502. The fourth-order valence-electron chi connectivity index (χ4n) is 1.82. The van der Waals surface area contributed by atoms with Crippen LogP contribution in [0.15, 0.2) is 11.2 Å². The molecule has 0 amide bonds. The number of hydrogen-bond donors (Lipinski definition) is 3. The van der Waals surface area contributed by atoms with Crippen LogP contribution >= 0.6 is 11.3 Å². The Labute approximate surface area is 128 Å². The molecule has 0 aliphatic carbocycles. The lowest BCUT2D eigenvalue weighted by molar-refractivity contribution is 0.574. The molecule has 0 spiro atoms. The molecule has 2 aromatic heterocycles. The summed E-state index contributed by atoms with van der Waals surface area (Å²) in [4.78, 5) is 5.19. The van der Waals surface area contributed by atoms with Gasteiger partial charge in [0.25, 0.3) is 10.0 Å². The normalized spacial score (nSPS) is 12.0. The van der Waals surface area contributed by atoms with Gasteiger partial charge in [-0.2, -0.15) is 5.10 Å². The van der Waals surface area contributed by atoms with Crippen molar-refractivity contribution in [3.8, 4) is 0 Å². The summed E-state index contributed by atoms with van der Waals surface area (Å²) in [7, 11) is -3.66. The van der Waals surface area contributed by atoms with E-state index >= 15 is 0 Å². The maximum atomic E-state index is 12.4. The zero-order valence-corrected chi connectivity index (χ0v) is 13.9. The molecule has 0 saturated carbocycles. The van der Waals surface area contributed by atoms with Crippen molar-refractivity contribution in [2.24, 2.45) is 0 Å². The van der Waals surface area contributed by atoms with Crippen molar-refractivity contribution in [3.05, 3.63) is 27.3 Å². The van der Waals surface area contributed by atoms with Crippen LogP contribution in [0.2, 0.25) is 0 Å². The molecule has 0 radical (unpaired) electrons. The largest absolute Gasteiger partial charge is 0.313 e. The van der Waals surface area contributed by atoms with Crippen LogP contribution in [-0.4, -0.2) is 30.1 Å². The van der Waals surface area contributed by atoms with Gasteiger partial charge in [0.2, 0.25) is 0 Å². The van der Waals surface area contributed by atoms with Crippen molar-refractivity contribution in [3.63, 3.8) is 0 Å². The molecule has 21 heavy (non-hydrogen) atoms. The van der Waals surface area contributed by atoms with E-state index in [2.05, 4.69) is 25.2 Å². The van der Waals surface area contributed by atoms with E-state index in [0.717, 1.165) is 22.1 Å². The average Bonchev–Trinajstić information content (AvgIpc) is 3.01. The van der Waals surface area contributed by atoms with E-state index in [-0.39, 0.29) is 11.6 Å². The molecule has 2 aromatic rings. The molecule has 0 aliphatic rings. The van der Waals surface area contributed by atoms with E-state index < -0.39 is 10.0 Å². The summed E-state index contributed by atoms with van der Waals surface area (Å²) in [5, 5.41) is 10.6. The SMILES string of the molecule is CCNCc1c(S(=O)(=O)NCc2ncc(C)s2)n[nH]c1C. The van der Waals surface area contributed by atoms with E-state index in [1.54, 1.807) is 6.20 Å². The van der Waals surface area contributed by atoms with Crippen LogP contribution in [0.4, 0.5) is 0 Å².